The van der Waals surface area contributed by atoms with Gasteiger partial charge in [0.05, 0.1) is 29.5 Å². The van der Waals surface area contributed by atoms with Gasteiger partial charge in [0.1, 0.15) is 0 Å². The molecule has 4 rings (SSSR count). The molecule has 1 aromatic heterocycles. The molecule has 2 fully saturated rings. The number of nitrogens with zero attached hydrogens (tertiary/aromatic N) is 3. The molecule has 174 valence electrons. The zero-order chi connectivity index (χ0) is 22.9. The summed E-state index contributed by atoms with van der Waals surface area (Å²) >= 11 is 0. The first-order chi connectivity index (χ1) is 15.2. The first-order valence-corrected chi connectivity index (χ1v) is 13.0. The number of nitrogens with one attached hydrogen (secondary N) is 2. The van der Waals surface area contributed by atoms with Crippen LogP contribution in [-0.2, 0) is 10.0 Å². The van der Waals surface area contributed by atoms with Crippen molar-refractivity contribution in [2.45, 2.75) is 69.2 Å². The van der Waals surface area contributed by atoms with Gasteiger partial charge in [-0.3, -0.25) is 4.79 Å². The van der Waals surface area contributed by atoms with Gasteiger partial charge in [-0.05, 0) is 51.0 Å². The van der Waals surface area contributed by atoms with Crippen molar-refractivity contribution in [1.82, 2.24) is 19.6 Å². The predicted octanol–water partition coefficient (Wildman–Crippen LogP) is 1.89. The molecule has 2 aromatic rings. The zero-order valence-electron chi connectivity index (χ0n) is 18.5. The second-order valence-electron chi connectivity index (χ2n) is 8.94. The van der Waals surface area contributed by atoms with Gasteiger partial charge in [-0.15, -0.1) is 0 Å². The molecule has 1 amide bonds. The van der Waals surface area contributed by atoms with Crippen molar-refractivity contribution in [2.24, 2.45) is 0 Å². The number of carbonyl (C=O) groups is 1. The fraction of sp³-hybridized carbons (Fsp3) is 0.591. The maximum absolute atomic E-state index is 12.9. The number of fused-ring (bicyclic) bond motifs is 1. The van der Waals surface area contributed by atoms with Crippen LogP contribution in [0.5, 0.6) is 0 Å². The first-order valence-electron chi connectivity index (χ1n) is 11.2. The van der Waals surface area contributed by atoms with E-state index in [9.17, 15) is 18.3 Å². The van der Waals surface area contributed by atoms with E-state index in [1.807, 2.05) is 6.07 Å². The van der Waals surface area contributed by atoms with Crippen molar-refractivity contribution in [1.29, 1.82) is 0 Å². The molecule has 9 nitrogen and oxygen atoms in total. The monoisotopic (exact) mass is 461 g/mol. The topological polar surface area (TPSA) is 125 Å². The van der Waals surface area contributed by atoms with Crippen LogP contribution in [-0.4, -0.2) is 71.2 Å². The molecule has 3 N–H and O–H groups in total. The number of benzene rings is 1. The Hall–Kier alpha value is -2.30. The zero-order valence-corrected chi connectivity index (χ0v) is 19.3. The summed E-state index contributed by atoms with van der Waals surface area (Å²) in [5.74, 6) is 0.217. The number of para-hydroxylation sites is 1. The van der Waals surface area contributed by atoms with Crippen LogP contribution in [0.2, 0.25) is 0 Å². The predicted molar refractivity (Wildman–Crippen MR) is 123 cm³/mol. The summed E-state index contributed by atoms with van der Waals surface area (Å²) < 4.78 is 25.0. The van der Waals surface area contributed by atoms with Crippen molar-refractivity contribution >= 4 is 32.8 Å². The van der Waals surface area contributed by atoms with Crippen LogP contribution in [0.3, 0.4) is 0 Å². The molecule has 2 aliphatic carbocycles. The Labute approximate surface area is 188 Å². The van der Waals surface area contributed by atoms with Crippen molar-refractivity contribution < 1.29 is 18.3 Å². The minimum Gasteiger partial charge on any atom is -0.391 e. The minimum atomic E-state index is -3.19. The molecule has 1 aromatic carbocycles. The van der Waals surface area contributed by atoms with E-state index in [4.69, 9.17) is 0 Å². The third kappa shape index (κ3) is 5.02. The van der Waals surface area contributed by atoms with Crippen molar-refractivity contribution in [2.75, 3.05) is 18.6 Å². The molecule has 2 atom stereocenters. The lowest BCUT2D eigenvalue weighted by atomic mass is 9.91. The van der Waals surface area contributed by atoms with E-state index < -0.39 is 16.1 Å². The van der Waals surface area contributed by atoms with E-state index in [-0.39, 0.29) is 24.0 Å². The largest absolute Gasteiger partial charge is 0.391 e. The molecule has 1 heterocycles. The fourth-order valence-corrected chi connectivity index (χ4v) is 5.45. The van der Waals surface area contributed by atoms with Gasteiger partial charge in [-0.1, -0.05) is 12.1 Å². The fourth-order valence-electron chi connectivity index (χ4n) is 4.70. The Kier molecular flexibility index (Phi) is 6.64. The van der Waals surface area contributed by atoms with E-state index in [1.54, 1.807) is 25.4 Å². The van der Waals surface area contributed by atoms with Crippen LogP contribution in [0, 0.1) is 0 Å². The van der Waals surface area contributed by atoms with Crippen molar-refractivity contribution in [3.63, 3.8) is 0 Å². The van der Waals surface area contributed by atoms with E-state index in [1.165, 1.54) is 10.6 Å². The maximum atomic E-state index is 12.9. The number of sulfonamides is 1. The number of carbonyl (C=O) groups excluding carboxylic acids is 1. The molecule has 0 aliphatic heterocycles. The van der Waals surface area contributed by atoms with Crippen LogP contribution in [0.15, 0.2) is 24.4 Å². The molecule has 0 saturated heterocycles. The minimum absolute atomic E-state index is 0.0156. The van der Waals surface area contributed by atoms with Gasteiger partial charge in [0.25, 0.3) is 5.91 Å². The molecule has 0 bridgehead atoms. The number of amides is 1. The number of anilines is 1. The Morgan fingerprint density at radius 1 is 1.16 bits per heavy atom. The van der Waals surface area contributed by atoms with Gasteiger partial charge >= 0.3 is 0 Å². The summed E-state index contributed by atoms with van der Waals surface area (Å²) in [6.07, 6.45) is 7.99. The maximum Gasteiger partial charge on any atom is 0.253 e. The Bertz CT molecular complexity index is 1080. The van der Waals surface area contributed by atoms with Crippen LogP contribution < -0.4 is 10.6 Å². The quantitative estimate of drug-likeness (QED) is 0.600. The number of rotatable bonds is 6. The molecule has 2 saturated carbocycles. The third-order valence-corrected chi connectivity index (χ3v) is 8.06. The number of hydrogen-bond donors (Lipinski definition) is 3. The van der Waals surface area contributed by atoms with Crippen LogP contribution >= 0.6 is 0 Å². The lowest BCUT2D eigenvalue weighted by Crippen LogP contribution is -2.41. The highest BCUT2D eigenvalue weighted by Gasteiger charge is 2.29. The van der Waals surface area contributed by atoms with Gasteiger partial charge in [-0.2, -0.15) is 0 Å². The van der Waals surface area contributed by atoms with Crippen molar-refractivity contribution in [3.05, 3.63) is 30.0 Å². The number of aliphatic hydroxyl groups is 1. The Morgan fingerprint density at radius 3 is 2.56 bits per heavy atom. The van der Waals surface area contributed by atoms with Gasteiger partial charge in [-0.25, -0.2) is 22.7 Å². The number of hydrogen-bond acceptors (Lipinski definition) is 7. The summed E-state index contributed by atoms with van der Waals surface area (Å²) in [6.45, 7) is 0. The lowest BCUT2D eigenvalue weighted by Gasteiger charge is -2.33. The average Bonchev–Trinajstić information content (AvgIpc) is 3.17. The summed E-state index contributed by atoms with van der Waals surface area (Å²) in [6, 6.07) is 5.35. The molecule has 10 heteroatoms. The summed E-state index contributed by atoms with van der Waals surface area (Å²) in [5, 5.41) is 17.1. The van der Waals surface area contributed by atoms with Gasteiger partial charge in [0.15, 0.2) is 0 Å². The average molecular weight is 462 g/mol. The van der Waals surface area contributed by atoms with E-state index in [0.29, 0.717) is 23.4 Å². The van der Waals surface area contributed by atoms with Crippen molar-refractivity contribution in [3.8, 4) is 0 Å². The van der Waals surface area contributed by atoms with Gasteiger partial charge in [0.2, 0.25) is 16.0 Å². The van der Waals surface area contributed by atoms with E-state index >= 15 is 0 Å². The number of aliphatic hydroxyl groups excluding tert-OH is 1. The summed E-state index contributed by atoms with van der Waals surface area (Å²) in [4.78, 5) is 21.9. The van der Waals surface area contributed by atoms with Crippen LogP contribution in [0.1, 0.15) is 55.3 Å². The molecule has 0 radical (unpaired) electrons. The molecule has 0 spiro atoms. The highest BCUT2D eigenvalue weighted by atomic mass is 32.2. The van der Waals surface area contributed by atoms with Crippen LogP contribution in [0.25, 0.3) is 10.9 Å². The molecular formula is C22H31N5O4S. The highest BCUT2D eigenvalue weighted by molar-refractivity contribution is 7.88. The number of aromatic nitrogens is 2. The smallest absolute Gasteiger partial charge is 0.253 e. The Balaban J connectivity index is 1.45. The molecule has 32 heavy (non-hydrogen) atoms. The summed E-state index contributed by atoms with van der Waals surface area (Å²) in [7, 11) is -1.56. The van der Waals surface area contributed by atoms with Gasteiger partial charge in [0, 0.05) is 30.7 Å². The molecule has 0 unspecified atom stereocenters. The highest BCUT2D eigenvalue weighted by Crippen LogP contribution is 2.26. The normalized spacial score (nSPS) is 26.4. The summed E-state index contributed by atoms with van der Waals surface area (Å²) in [5.41, 5.74) is 1.03. The van der Waals surface area contributed by atoms with Crippen LogP contribution in [0.4, 0.5) is 5.95 Å². The molecular weight excluding hydrogens is 430 g/mol. The van der Waals surface area contributed by atoms with E-state index in [2.05, 4.69) is 20.6 Å². The van der Waals surface area contributed by atoms with Gasteiger partial charge < -0.3 is 15.7 Å². The SMILES string of the molecule is CN(C1CCC(Nc2ncc3cccc(C(=O)N[C@@H]4CCC[C@H]4O)c3n2)CC1)S(C)(=O)=O. The standard InChI is InChI=1S/C22H31N5O4S/c1-27(32(2,30)31)16-11-9-15(10-12-16)24-22-23-13-14-5-3-6-17(20(14)26-22)21(29)25-18-7-4-8-19(18)28/h3,5-6,13,15-16,18-19,28H,4,7-12H2,1-2H3,(H,25,29)(H,23,24,26)/t15?,16?,18-,19-/m1/s1. The third-order valence-electron chi connectivity index (χ3n) is 6.72. The lowest BCUT2D eigenvalue weighted by molar-refractivity contribution is 0.0874. The molecule has 2 aliphatic rings. The Morgan fingerprint density at radius 2 is 1.91 bits per heavy atom. The second kappa shape index (κ2) is 9.29. The van der Waals surface area contributed by atoms with E-state index in [0.717, 1.165) is 43.9 Å². The first kappa shape index (κ1) is 22.9. The second-order valence-corrected chi connectivity index (χ2v) is 11.0.